The minimum Gasteiger partial charge on any atom is -0.316 e. The number of rotatable bonds is 0. The molecule has 5 nitrogen and oxygen atoms in total. The maximum atomic E-state index is 3.70. The number of piperidine rings is 3. The van der Waals surface area contributed by atoms with Crippen molar-refractivity contribution in [1.29, 1.82) is 0 Å². The van der Waals surface area contributed by atoms with Crippen molar-refractivity contribution in [1.82, 2.24) is 26.6 Å². The monoisotopic (exact) mass is 708 g/mol. The SMILES string of the molecule is C1CC2CCC(C1)N2.C1CCC2NCCCC2C1.C1NC2CC3CC1CC(C3)C2.CC1(C)CC2CC(C)(CN2)C1.CC12CCC(CNC1)C2(C)C. The maximum absolute atomic E-state index is 3.70. The minimum atomic E-state index is 0.579. The summed E-state index contributed by atoms with van der Waals surface area (Å²) in [5.41, 5.74) is 2.36. The molecule has 5 N–H and O–H groups in total. The second-order valence-corrected chi connectivity index (χ2v) is 22.5. The summed E-state index contributed by atoms with van der Waals surface area (Å²) >= 11 is 0. The lowest BCUT2D eigenvalue weighted by Crippen LogP contribution is -2.49. The van der Waals surface area contributed by atoms with Crippen molar-refractivity contribution in [3.63, 3.8) is 0 Å². The Labute approximate surface area is 316 Å². The van der Waals surface area contributed by atoms with Crippen LogP contribution in [0.15, 0.2) is 0 Å². The van der Waals surface area contributed by atoms with Gasteiger partial charge in [-0.2, -0.15) is 0 Å². The highest BCUT2D eigenvalue weighted by atomic mass is 15.0. The number of nitrogens with one attached hydrogen (secondary N) is 5. The van der Waals surface area contributed by atoms with Crippen LogP contribution < -0.4 is 26.6 Å². The molecule has 294 valence electrons. The van der Waals surface area contributed by atoms with Crippen LogP contribution in [0.1, 0.15) is 176 Å². The highest BCUT2D eigenvalue weighted by molar-refractivity contribution is 5.05. The Morgan fingerprint density at radius 1 is 0.529 bits per heavy atom. The lowest BCUT2D eigenvalue weighted by molar-refractivity contribution is 0.0546. The van der Waals surface area contributed by atoms with E-state index in [9.17, 15) is 0 Å². The molecule has 7 saturated heterocycles. The van der Waals surface area contributed by atoms with Crippen LogP contribution in [0.2, 0.25) is 0 Å². The van der Waals surface area contributed by atoms with Gasteiger partial charge in [0.1, 0.15) is 0 Å². The average Bonchev–Trinajstić information content (AvgIpc) is 3.47. The van der Waals surface area contributed by atoms with Gasteiger partial charge in [-0.25, -0.2) is 0 Å². The molecule has 5 saturated carbocycles. The predicted molar refractivity (Wildman–Crippen MR) is 217 cm³/mol. The summed E-state index contributed by atoms with van der Waals surface area (Å²) in [6, 6.07) is 4.46. The second-order valence-electron chi connectivity index (χ2n) is 22.5. The summed E-state index contributed by atoms with van der Waals surface area (Å²) in [6.45, 7) is 20.9. The van der Waals surface area contributed by atoms with Crippen LogP contribution in [-0.2, 0) is 0 Å². The first-order chi connectivity index (χ1) is 24.4. The van der Waals surface area contributed by atoms with Crippen LogP contribution >= 0.6 is 0 Å². The molecule has 12 aliphatic rings. The van der Waals surface area contributed by atoms with E-state index >= 15 is 0 Å². The molecule has 5 heteroatoms. The Morgan fingerprint density at radius 3 is 1.90 bits per heavy atom. The summed E-state index contributed by atoms with van der Waals surface area (Å²) in [5, 5.41) is 18.1. The van der Waals surface area contributed by atoms with Gasteiger partial charge in [-0.1, -0.05) is 60.8 Å². The van der Waals surface area contributed by atoms with Crippen LogP contribution in [0.25, 0.3) is 0 Å². The molecule has 12 fully saturated rings. The van der Waals surface area contributed by atoms with Crippen molar-refractivity contribution in [3.05, 3.63) is 0 Å². The van der Waals surface area contributed by atoms with E-state index in [1.807, 2.05) is 0 Å². The van der Waals surface area contributed by atoms with E-state index in [1.54, 1.807) is 19.3 Å². The van der Waals surface area contributed by atoms with E-state index < -0.39 is 0 Å². The van der Waals surface area contributed by atoms with Crippen molar-refractivity contribution in [3.8, 4) is 0 Å². The predicted octanol–water partition coefficient (Wildman–Crippen LogP) is 9.21. The normalized spacial score (nSPS) is 47.4. The zero-order valence-corrected chi connectivity index (χ0v) is 34.7. The fraction of sp³-hybridized carbons (Fsp3) is 1.00. The maximum Gasteiger partial charge on any atom is 0.00953 e. The molecule has 5 aliphatic carbocycles. The van der Waals surface area contributed by atoms with Crippen molar-refractivity contribution in [2.24, 2.45) is 51.2 Å². The van der Waals surface area contributed by atoms with Crippen molar-refractivity contribution in [2.45, 2.75) is 207 Å². The molecule has 51 heavy (non-hydrogen) atoms. The van der Waals surface area contributed by atoms with E-state index in [1.165, 1.54) is 148 Å². The molecule has 7 heterocycles. The van der Waals surface area contributed by atoms with Crippen molar-refractivity contribution >= 4 is 0 Å². The molecule has 0 aromatic heterocycles. The van der Waals surface area contributed by atoms with Crippen LogP contribution in [0.3, 0.4) is 0 Å². The Morgan fingerprint density at radius 2 is 1.24 bits per heavy atom. The molecule has 0 aromatic carbocycles. The van der Waals surface area contributed by atoms with E-state index in [0.29, 0.717) is 21.7 Å². The third-order valence-corrected chi connectivity index (χ3v) is 17.2. The van der Waals surface area contributed by atoms with Gasteiger partial charge >= 0.3 is 0 Å². The van der Waals surface area contributed by atoms with Gasteiger partial charge in [-0.15, -0.1) is 0 Å². The number of fused-ring (bicyclic) bond motifs is 8. The van der Waals surface area contributed by atoms with Gasteiger partial charge in [-0.05, 0) is 186 Å². The molecule has 0 amide bonds. The van der Waals surface area contributed by atoms with E-state index in [2.05, 4.69) is 68.1 Å². The Hall–Kier alpha value is -0.200. The van der Waals surface area contributed by atoms with Crippen LogP contribution in [-0.4, -0.2) is 62.9 Å². The van der Waals surface area contributed by atoms with Gasteiger partial charge in [0.15, 0.2) is 0 Å². The lowest BCUT2D eigenvalue weighted by atomic mass is 9.64. The summed E-state index contributed by atoms with van der Waals surface area (Å²) < 4.78 is 0. The smallest absolute Gasteiger partial charge is 0.00953 e. The molecule has 12 rings (SSSR count). The zero-order chi connectivity index (χ0) is 35.7. The van der Waals surface area contributed by atoms with E-state index in [0.717, 1.165) is 59.8 Å². The molecule has 0 aromatic rings. The van der Waals surface area contributed by atoms with Gasteiger partial charge in [-0.3, -0.25) is 0 Å². The molecule has 7 aliphatic heterocycles. The Kier molecular flexibility index (Phi) is 12.6. The number of hydrogen-bond donors (Lipinski definition) is 5. The second kappa shape index (κ2) is 16.5. The van der Waals surface area contributed by atoms with Crippen LogP contribution in [0.5, 0.6) is 0 Å². The van der Waals surface area contributed by atoms with Crippen molar-refractivity contribution < 1.29 is 0 Å². The molecule has 0 spiro atoms. The van der Waals surface area contributed by atoms with Gasteiger partial charge in [0.2, 0.25) is 0 Å². The largest absolute Gasteiger partial charge is 0.316 e. The number of hydrogen-bond acceptors (Lipinski definition) is 5. The highest BCUT2D eigenvalue weighted by Gasteiger charge is 2.53. The topological polar surface area (TPSA) is 60.1 Å². The first kappa shape index (κ1) is 39.1. The Balaban J connectivity index is 0.0000000999. The summed E-state index contributed by atoms with van der Waals surface area (Å²) in [5.74, 6) is 5.23. The minimum absolute atomic E-state index is 0.579. The lowest BCUT2D eigenvalue weighted by Gasteiger charge is -2.46. The Bertz CT molecular complexity index is 1020. The van der Waals surface area contributed by atoms with Gasteiger partial charge < -0.3 is 26.6 Å². The molecular formula is C46H85N5. The van der Waals surface area contributed by atoms with Crippen LogP contribution in [0.4, 0.5) is 0 Å². The fourth-order valence-corrected chi connectivity index (χ4v) is 14.3. The third-order valence-electron chi connectivity index (χ3n) is 17.2. The molecule has 10 atom stereocenters. The first-order valence-corrected chi connectivity index (χ1v) is 23.0. The van der Waals surface area contributed by atoms with E-state index in [-0.39, 0.29) is 0 Å². The highest BCUT2D eigenvalue weighted by Crippen LogP contribution is 2.57. The third kappa shape index (κ3) is 9.79. The van der Waals surface area contributed by atoms with Gasteiger partial charge in [0.05, 0.1) is 0 Å². The van der Waals surface area contributed by atoms with E-state index in [4.69, 9.17) is 0 Å². The summed E-state index contributed by atoms with van der Waals surface area (Å²) in [4.78, 5) is 0. The summed E-state index contributed by atoms with van der Waals surface area (Å²) in [6.07, 6.45) is 30.8. The fourth-order valence-electron chi connectivity index (χ4n) is 14.3. The molecular weight excluding hydrogens is 623 g/mol. The zero-order valence-electron chi connectivity index (χ0n) is 34.7. The van der Waals surface area contributed by atoms with Crippen molar-refractivity contribution in [2.75, 3.05) is 32.7 Å². The van der Waals surface area contributed by atoms with Gasteiger partial charge in [0, 0.05) is 43.3 Å². The van der Waals surface area contributed by atoms with Gasteiger partial charge in [0.25, 0.3) is 0 Å². The quantitative estimate of drug-likeness (QED) is 0.174. The average molecular weight is 708 g/mol. The first-order valence-electron chi connectivity index (χ1n) is 23.0. The van der Waals surface area contributed by atoms with Crippen LogP contribution in [0, 0.1) is 51.2 Å². The summed E-state index contributed by atoms with van der Waals surface area (Å²) in [7, 11) is 0. The standard InChI is InChI=1S/C10H17N.2C10H19N.C9H17N.C7H13N/c1-7-2-9-3-8(1)5-10(4-7)11-6-9;1-9(2)4-8-5-10(3,6-9)7-11-8;1-9(2)8-4-5-10(9,3)7-11-6-8;1-2-6-9-8(4-1)5-3-7-10-9;1-2-6-4-5-7(3-1)8-6/h7-11H,1-6H2;2*8,11H,4-7H2,1-3H3;8-10H,1-7H2;6-8H,1-5H2. The molecule has 10 bridgehead atoms. The molecule has 10 unspecified atom stereocenters. The molecule has 0 radical (unpaired) electrons.